The van der Waals surface area contributed by atoms with Crippen LogP contribution in [0.3, 0.4) is 0 Å². The molecule has 0 heterocycles. The van der Waals surface area contributed by atoms with Crippen molar-refractivity contribution in [1.82, 2.24) is 0 Å². The molecule has 1 radical (unpaired) electrons. The summed E-state index contributed by atoms with van der Waals surface area (Å²) in [5, 5.41) is 0.773. The zero-order chi connectivity index (χ0) is 8.27. The van der Waals surface area contributed by atoms with E-state index < -0.39 is 0 Å². The molecule has 0 amide bonds. The van der Waals surface area contributed by atoms with Crippen LogP contribution in [0.1, 0.15) is 24.5 Å². The van der Waals surface area contributed by atoms with Crippen molar-refractivity contribution in [3.63, 3.8) is 0 Å². The standard InChI is InChI=1S/C10H12Cl/c1-3-4-9-5-6-10(11)7-8(9)2/h5-7H,2-4H2,1H3. The Morgan fingerprint density at radius 3 is 2.73 bits per heavy atom. The van der Waals surface area contributed by atoms with Gasteiger partial charge >= 0.3 is 0 Å². The summed E-state index contributed by atoms with van der Waals surface area (Å²) in [5.74, 6) is 0. The largest absolute Gasteiger partial charge is 0.0843 e. The van der Waals surface area contributed by atoms with Gasteiger partial charge in [0.05, 0.1) is 0 Å². The number of benzene rings is 1. The fourth-order valence-electron chi connectivity index (χ4n) is 1.11. The fourth-order valence-corrected chi connectivity index (χ4v) is 1.30. The van der Waals surface area contributed by atoms with Crippen LogP contribution in [0.4, 0.5) is 0 Å². The summed E-state index contributed by atoms with van der Waals surface area (Å²) in [6.45, 7) is 6.08. The Kier molecular flexibility index (Phi) is 2.95. The van der Waals surface area contributed by atoms with Crippen LogP contribution >= 0.6 is 11.6 Å². The van der Waals surface area contributed by atoms with E-state index in [4.69, 9.17) is 11.6 Å². The van der Waals surface area contributed by atoms with E-state index >= 15 is 0 Å². The summed E-state index contributed by atoms with van der Waals surface area (Å²) >= 11 is 5.78. The lowest BCUT2D eigenvalue weighted by molar-refractivity contribution is 0.917. The monoisotopic (exact) mass is 167 g/mol. The van der Waals surface area contributed by atoms with Crippen LogP contribution in [-0.2, 0) is 6.42 Å². The Balaban J connectivity index is 2.90. The molecule has 0 aliphatic rings. The molecule has 0 aromatic heterocycles. The molecular formula is C10H12Cl. The quantitative estimate of drug-likeness (QED) is 0.633. The molecule has 1 heteroatoms. The first kappa shape index (κ1) is 8.61. The van der Waals surface area contributed by atoms with Gasteiger partial charge in [0.2, 0.25) is 0 Å². The lowest BCUT2D eigenvalue weighted by atomic mass is 10.1. The topological polar surface area (TPSA) is 0 Å². The summed E-state index contributed by atoms with van der Waals surface area (Å²) in [6, 6.07) is 5.88. The predicted molar refractivity (Wildman–Crippen MR) is 49.9 cm³/mol. The lowest BCUT2D eigenvalue weighted by Gasteiger charge is -2.02. The van der Waals surface area contributed by atoms with E-state index in [1.807, 2.05) is 18.2 Å². The summed E-state index contributed by atoms with van der Waals surface area (Å²) in [6.07, 6.45) is 2.25. The Hall–Kier alpha value is -0.490. The fraction of sp³-hybridized carbons (Fsp3) is 0.300. The van der Waals surface area contributed by atoms with Gasteiger partial charge in [-0.2, -0.15) is 0 Å². The van der Waals surface area contributed by atoms with E-state index in [0.29, 0.717) is 0 Å². The molecule has 0 bridgehead atoms. The molecule has 1 rings (SSSR count). The van der Waals surface area contributed by atoms with Crippen LogP contribution in [0.5, 0.6) is 0 Å². The van der Waals surface area contributed by atoms with Crippen molar-refractivity contribution >= 4 is 11.6 Å². The molecule has 11 heavy (non-hydrogen) atoms. The first-order chi connectivity index (χ1) is 5.24. The highest BCUT2D eigenvalue weighted by molar-refractivity contribution is 6.30. The highest BCUT2D eigenvalue weighted by atomic mass is 35.5. The van der Waals surface area contributed by atoms with Gasteiger partial charge in [0.1, 0.15) is 0 Å². The van der Waals surface area contributed by atoms with Gasteiger partial charge in [-0.3, -0.25) is 0 Å². The molecular weight excluding hydrogens is 156 g/mol. The van der Waals surface area contributed by atoms with E-state index in [9.17, 15) is 0 Å². The highest BCUT2D eigenvalue weighted by Crippen LogP contribution is 2.16. The molecule has 0 fully saturated rings. The van der Waals surface area contributed by atoms with Crippen molar-refractivity contribution in [2.45, 2.75) is 19.8 Å². The molecule has 0 nitrogen and oxygen atoms in total. The van der Waals surface area contributed by atoms with E-state index in [0.717, 1.165) is 23.4 Å². The zero-order valence-corrected chi connectivity index (χ0v) is 7.49. The molecule has 1 aromatic rings. The Labute approximate surface area is 73.2 Å². The third kappa shape index (κ3) is 2.23. The Bertz CT molecular complexity index is 241. The van der Waals surface area contributed by atoms with Crippen molar-refractivity contribution in [2.75, 3.05) is 0 Å². The number of hydrogen-bond acceptors (Lipinski definition) is 0. The van der Waals surface area contributed by atoms with E-state index in [2.05, 4.69) is 13.8 Å². The molecule has 0 saturated carbocycles. The summed E-state index contributed by atoms with van der Waals surface area (Å²) in [4.78, 5) is 0. The van der Waals surface area contributed by atoms with Crippen LogP contribution in [0.25, 0.3) is 0 Å². The molecule has 0 unspecified atom stereocenters. The van der Waals surface area contributed by atoms with Crippen molar-refractivity contribution in [3.8, 4) is 0 Å². The van der Waals surface area contributed by atoms with Crippen LogP contribution in [-0.4, -0.2) is 0 Å². The predicted octanol–water partition coefficient (Wildman–Crippen LogP) is 3.47. The van der Waals surface area contributed by atoms with Crippen LogP contribution < -0.4 is 0 Å². The van der Waals surface area contributed by atoms with Gasteiger partial charge in [0.15, 0.2) is 0 Å². The molecule has 0 saturated heterocycles. The van der Waals surface area contributed by atoms with Crippen molar-refractivity contribution in [1.29, 1.82) is 0 Å². The third-order valence-corrected chi connectivity index (χ3v) is 1.92. The Morgan fingerprint density at radius 1 is 1.45 bits per heavy atom. The minimum Gasteiger partial charge on any atom is -0.0843 e. The first-order valence-corrected chi connectivity index (χ1v) is 4.22. The molecule has 0 aliphatic carbocycles. The van der Waals surface area contributed by atoms with E-state index in [1.54, 1.807) is 0 Å². The third-order valence-electron chi connectivity index (χ3n) is 1.69. The molecule has 0 N–H and O–H groups in total. The van der Waals surface area contributed by atoms with Crippen LogP contribution in [0.15, 0.2) is 18.2 Å². The van der Waals surface area contributed by atoms with Crippen LogP contribution in [0.2, 0.25) is 5.02 Å². The van der Waals surface area contributed by atoms with Gasteiger partial charge in [-0.1, -0.05) is 31.0 Å². The smallest absolute Gasteiger partial charge is 0.0408 e. The van der Waals surface area contributed by atoms with Gasteiger partial charge in [-0.25, -0.2) is 0 Å². The SMILES string of the molecule is [CH2]c1cc(Cl)ccc1CCC. The van der Waals surface area contributed by atoms with E-state index in [1.165, 1.54) is 5.56 Å². The molecule has 0 spiro atoms. The first-order valence-electron chi connectivity index (χ1n) is 3.84. The number of aryl methyl sites for hydroxylation is 1. The minimum absolute atomic E-state index is 0.773. The summed E-state index contributed by atoms with van der Waals surface area (Å²) < 4.78 is 0. The Morgan fingerprint density at radius 2 is 2.18 bits per heavy atom. The van der Waals surface area contributed by atoms with Gasteiger partial charge < -0.3 is 0 Å². The molecule has 59 valence electrons. The normalized spacial score (nSPS) is 10.1. The van der Waals surface area contributed by atoms with E-state index in [-0.39, 0.29) is 0 Å². The summed E-state index contributed by atoms with van der Waals surface area (Å²) in [5.41, 5.74) is 2.36. The highest BCUT2D eigenvalue weighted by Gasteiger charge is 1.96. The average molecular weight is 168 g/mol. The van der Waals surface area contributed by atoms with Crippen molar-refractivity contribution < 1.29 is 0 Å². The maximum atomic E-state index is 5.78. The summed E-state index contributed by atoms with van der Waals surface area (Å²) in [7, 11) is 0. The van der Waals surface area contributed by atoms with Crippen molar-refractivity contribution in [3.05, 3.63) is 41.3 Å². The number of halogens is 1. The second kappa shape index (κ2) is 3.77. The maximum Gasteiger partial charge on any atom is 0.0408 e. The molecule has 1 aromatic carbocycles. The maximum absolute atomic E-state index is 5.78. The van der Waals surface area contributed by atoms with Gasteiger partial charge in [-0.15, -0.1) is 0 Å². The van der Waals surface area contributed by atoms with Crippen molar-refractivity contribution in [2.24, 2.45) is 0 Å². The second-order valence-electron chi connectivity index (χ2n) is 2.66. The zero-order valence-electron chi connectivity index (χ0n) is 6.73. The number of rotatable bonds is 2. The minimum atomic E-state index is 0.773. The number of hydrogen-bond donors (Lipinski definition) is 0. The lowest BCUT2D eigenvalue weighted by Crippen LogP contribution is -1.87. The second-order valence-corrected chi connectivity index (χ2v) is 3.10. The van der Waals surface area contributed by atoms with Gasteiger partial charge in [0.25, 0.3) is 0 Å². The van der Waals surface area contributed by atoms with Gasteiger partial charge in [0, 0.05) is 5.02 Å². The van der Waals surface area contributed by atoms with Gasteiger partial charge in [-0.05, 0) is 36.6 Å². The van der Waals surface area contributed by atoms with Crippen LogP contribution in [0, 0.1) is 6.92 Å². The molecule has 0 aliphatic heterocycles. The molecule has 0 atom stereocenters. The average Bonchev–Trinajstić information content (AvgIpc) is 1.95.